The van der Waals surface area contributed by atoms with Gasteiger partial charge in [-0.2, -0.15) is 0 Å². The van der Waals surface area contributed by atoms with Crippen LogP contribution in [-0.2, 0) is 12.8 Å². The second-order valence-electron chi connectivity index (χ2n) is 6.53. The van der Waals surface area contributed by atoms with E-state index in [1.807, 2.05) is 13.8 Å². The summed E-state index contributed by atoms with van der Waals surface area (Å²) in [6.45, 7) is 3.86. The molecule has 0 spiro atoms. The van der Waals surface area contributed by atoms with Crippen molar-refractivity contribution in [2.75, 3.05) is 7.11 Å². The first-order valence-electron chi connectivity index (χ1n) is 9.14. The Morgan fingerprint density at radius 2 is 1.79 bits per heavy atom. The number of carbonyl (C=O) groups is 2. The van der Waals surface area contributed by atoms with Crippen LogP contribution in [0.25, 0.3) is 0 Å². The van der Waals surface area contributed by atoms with Crippen molar-refractivity contribution in [2.24, 2.45) is 0 Å². The van der Waals surface area contributed by atoms with Crippen LogP contribution in [0.5, 0.6) is 28.7 Å². The van der Waals surface area contributed by atoms with Gasteiger partial charge in [-0.3, -0.25) is 0 Å². The molecule has 0 atom stereocenters. The van der Waals surface area contributed by atoms with Crippen LogP contribution in [0.3, 0.4) is 0 Å². The van der Waals surface area contributed by atoms with Gasteiger partial charge in [-0.1, -0.05) is 26.7 Å². The van der Waals surface area contributed by atoms with Crippen molar-refractivity contribution >= 4 is 11.9 Å². The summed E-state index contributed by atoms with van der Waals surface area (Å²) in [4.78, 5) is 24.5. The molecule has 0 saturated heterocycles. The molecule has 1 aliphatic heterocycles. The van der Waals surface area contributed by atoms with Crippen LogP contribution >= 0.6 is 0 Å². The zero-order valence-electron chi connectivity index (χ0n) is 16.0. The Kier molecular flexibility index (Phi) is 5.44. The van der Waals surface area contributed by atoms with Gasteiger partial charge in [-0.15, -0.1) is 0 Å². The molecule has 148 valence electrons. The molecule has 1 heterocycles. The monoisotopic (exact) mass is 386 g/mol. The van der Waals surface area contributed by atoms with Gasteiger partial charge in [0.1, 0.15) is 28.4 Å². The van der Waals surface area contributed by atoms with E-state index in [9.17, 15) is 19.8 Å². The highest BCUT2D eigenvalue weighted by molar-refractivity contribution is 5.99. The average Bonchev–Trinajstić information content (AvgIpc) is 2.77. The van der Waals surface area contributed by atoms with Crippen LogP contribution in [0.2, 0.25) is 0 Å². The number of aromatic carboxylic acids is 1. The molecule has 1 aliphatic rings. The molecule has 0 amide bonds. The summed E-state index contributed by atoms with van der Waals surface area (Å²) in [6, 6.07) is 4.45. The van der Waals surface area contributed by atoms with Gasteiger partial charge in [-0.05, 0) is 24.5 Å². The minimum atomic E-state index is -1.28. The van der Waals surface area contributed by atoms with Crippen LogP contribution in [0, 0.1) is 0 Å². The van der Waals surface area contributed by atoms with Crippen molar-refractivity contribution < 1.29 is 34.0 Å². The zero-order chi connectivity index (χ0) is 20.4. The first kappa shape index (κ1) is 19.5. The molecule has 7 heteroatoms. The fourth-order valence-electron chi connectivity index (χ4n) is 3.40. The molecular formula is C21H22O7. The number of carboxylic acid groups (broad SMARTS) is 1. The SMILES string of the molecule is CCCc1cc(OC)cc2c1C(=O)Oc1cc(O)c(C(=O)O)c(CCC)c1O2. The maximum absolute atomic E-state index is 12.8. The number of ether oxygens (including phenoxy) is 3. The van der Waals surface area contributed by atoms with Crippen LogP contribution in [-0.4, -0.2) is 29.3 Å². The molecule has 0 fully saturated rings. The van der Waals surface area contributed by atoms with Crippen LogP contribution in [0.4, 0.5) is 0 Å². The fourth-order valence-corrected chi connectivity index (χ4v) is 3.40. The number of esters is 1. The molecule has 2 aromatic rings. The number of carboxylic acids is 1. The van der Waals surface area contributed by atoms with Crippen LogP contribution < -0.4 is 14.2 Å². The number of fused-ring (bicyclic) bond motifs is 2. The highest BCUT2D eigenvalue weighted by Crippen LogP contribution is 2.46. The van der Waals surface area contributed by atoms with E-state index in [0.717, 1.165) is 18.1 Å². The number of aromatic hydroxyl groups is 1. The first-order valence-corrected chi connectivity index (χ1v) is 9.14. The van der Waals surface area contributed by atoms with Crippen molar-refractivity contribution in [2.45, 2.75) is 39.5 Å². The predicted molar refractivity (Wildman–Crippen MR) is 101 cm³/mol. The predicted octanol–water partition coefficient (Wildman–Crippen LogP) is 4.33. The first-order chi connectivity index (χ1) is 13.4. The molecule has 0 unspecified atom stereocenters. The third-order valence-electron chi connectivity index (χ3n) is 4.57. The topological polar surface area (TPSA) is 102 Å². The van der Waals surface area contributed by atoms with E-state index in [0.29, 0.717) is 25.0 Å². The van der Waals surface area contributed by atoms with E-state index in [2.05, 4.69) is 0 Å². The van der Waals surface area contributed by atoms with Crippen molar-refractivity contribution in [3.05, 3.63) is 40.5 Å². The Morgan fingerprint density at radius 1 is 1.07 bits per heavy atom. The number of hydrogen-bond donors (Lipinski definition) is 2. The number of methoxy groups -OCH3 is 1. The summed E-state index contributed by atoms with van der Waals surface area (Å²) in [6.07, 6.45) is 2.35. The molecule has 0 saturated carbocycles. The van der Waals surface area contributed by atoms with Gasteiger partial charge < -0.3 is 24.4 Å². The average molecular weight is 386 g/mol. The van der Waals surface area contributed by atoms with Crippen molar-refractivity contribution in [1.82, 2.24) is 0 Å². The Hall–Kier alpha value is -3.22. The Balaban J connectivity index is 2.28. The zero-order valence-corrected chi connectivity index (χ0v) is 16.0. The Labute approximate surface area is 162 Å². The summed E-state index contributed by atoms with van der Waals surface area (Å²) in [5, 5.41) is 19.8. The maximum Gasteiger partial charge on any atom is 0.347 e. The fraction of sp³-hybridized carbons (Fsp3) is 0.333. The van der Waals surface area contributed by atoms with Gasteiger partial charge >= 0.3 is 11.9 Å². The van der Waals surface area contributed by atoms with Crippen molar-refractivity contribution in [3.63, 3.8) is 0 Å². The van der Waals surface area contributed by atoms with E-state index in [1.54, 1.807) is 12.1 Å². The second-order valence-corrected chi connectivity index (χ2v) is 6.53. The quantitative estimate of drug-likeness (QED) is 0.563. The minimum Gasteiger partial charge on any atom is -0.507 e. The van der Waals surface area contributed by atoms with E-state index >= 15 is 0 Å². The Morgan fingerprint density at radius 3 is 2.39 bits per heavy atom. The normalized spacial score (nSPS) is 12.3. The molecule has 0 bridgehead atoms. The molecule has 0 aliphatic carbocycles. The second kappa shape index (κ2) is 7.80. The van der Waals surface area contributed by atoms with E-state index < -0.39 is 17.7 Å². The lowest BCUT2D eigenvalue weighted by atomic mass is 10.00. The lowest BCUT2D eigenvalue weighted by molar-refractivity contribution is 0.0691. The number of carbonyl (C=O) groups excluding carboxylic acids is 1. The Bertz CT molecular complexity index is 947. The number of hydrogen-bond acceptors (Lipinski definition) is 6. The minimum absolute atomic E-state index is 0.00596. The number of benzene rings is 2. The number of rotatable bonds is 6. The summed E-state index contributed by atoms with van der Waals surface area (Å²) in [5.41, 5.74) is 1.02. The molecular weight excluding hydrogens is 364 g/mol. The van der Waals surface area contributed by atoms with Crippen molar-refractivity contribution in [1.29, 1.82) is 0 Å². The lowest BCUT2D eigenvalue weighted by Gasteiger charge is -2.16. The highest BCUT2D eigenvalue weighted by Gasteiger charge is 2.32. The smallest absolute Gasteiger partial charge is 0.347 e. The van der Waals surface area contributed by atoms with E-state index in [-0.39, 0.29) is 33.9 Å². The lowest BCUT2D eigenvalue weighted by Crippen LogP contribution is -2.11. The number of phenols is 1. The largest absolute Gasteiger partial charge is 0.507 e. The van der Waals surface area contributed by atoms with Gasteiger partial charge in [0.05, 0.1) is 7.11 Å². The molecule has 2 aromatic carbocycles. The third kappa shape index (κ3) is 3.35. The summed E-state index contributed by atoms with van der Waals surface area (Å²) in [5.74, 6) is -1.49. The van der Waals surface area contributed by atoms with Gasteiger partial charge in [0.15, 0.2) is 11.5 Å². The van der Waals surface area contributed by atoms with Gasteiger partial charge in [0, 0.05) is 17.7 Å². The molecule has 0 radical (unpaired) electrons. The van der Waals surface area contributed by atoms with E-state index in [1.165, 1.54) is 7.11 Å². The van der Waals surface area contributed by atoms with Gasteiger partial charge in [0.2, 0.25) is 0 Å². The highest BCUT2D eigenvalue weighted by atomic mass is 16.6. The molecule has 0 aromatic heterocycles. The van der Waals surface area contributed by atoms with Gasteiger partial charge in [0.25, 0.3) is 0 Å². The standard InChI is InChI=1S/C21H22O7/c1-4-6-11-8-12(26-3)9-15-17(11)21(25)28-16-10-14(22)18(20(23)24)13(7-5-2)19(16)27-15/h8-10,22H,4-7H2,1-3H3,(H,23,24). The van der Waals surface area contributed by atoms with Crippen LogP contribution in [0.15, 0.2) is 18.2 Å². The summed E-state index contributed by atoms with van der Waals surface area (Å²) in [7, 11) is 1.52. The molecule has 7 nitrogen and oxygen atoms in total. The van der Waals surface area contributed by atoms with Gasteiger partial charge in [-0.25, -0.2) is 9.59 Å². The molecule has 3 rings (SSSR count). The molecule has 28 heavy (non-hydrogen) atoms. The van der Waals surface area contributed by atoms with E-state index in [4.69, 9.17) is 14.2 Å². The van der Waals surface area contributed by atoms with Crippen molar-refractivity contribution in [3.8, 4) is 28.7 Å². The maximum atomic E-state index is 12.8. The van der Waals surface area contributed by atoms with Crippen LogP contribution in [0.1, 0.15) is 58.5 Å². The molecule has 2 N–H and O–H groups in total. The summed E-state index contributed by atoms with van der Waals surface area (Å²) < 4.78 is 16.8. The summed E-state index contributed by atoms with van der Waals surface area (Å²) >= 11 is 0. The number of aryl methyl sites for hydroxylation is 1. The third-order valence-corrected chi connectivity index (χ3v) is 4.57.